The summed E-state index contributed by atoms with van der Waals surface area (Å²) in [5.41, 5.74) is 3.69. The number of ether oxygens (including phenoxy) is 1. The number of pyridine rings is 2. The van der Waals surface area contributed by atoms with Crippen molar-refractivity contribution in [2.75, 3.05) is 42.6 Å². The fourth-order valence-corrected chi connectivity index (χ4v) is 4.83. The van der Waals surface area contributed by atoms with Crippen molar-refractivity contribution < 1.29 is 17.9 Å². The Labute approximate surface area is 218 Å². The predicted octanol–water partition coefficient (Wildman–Crippen LogP) is 3.13. The van der Waals surface area contributed by atoms with Crippen molar-refractivity contribution in [3.8, 4) is 11.1 Å². The average Bonchev–Trinajstić information content (AvgIpc) is 3.34. The zero-order valence-electron chi connectivity index (χ0n) is 19.9. The van der Waals surface area contributed by atoms with E-state index in [0.717, 1.165) is 25.0 Å². The number of nitrogens with zero attached hydrogens (tertiary/aromatic N) is 4. The van der Waals surface area contributed by atoms with Crippen LogP contribution in [0.2, 0.25) is 5.15 Å². The zero-order chi connectivity index (χ0) is 26.0. The van der Waals surface area contributed by atoms with Crippen LogP contribution in [0.25, 0.3) is 22.0 Å². The number of hydrogen-bond acceptors (Lipinski definition) is 8. The molecule has 192 valence electrons. The number of anilines is 2. The minimum absolute atomic E-state index is 0.0216. The molecule has 11 nitrogen and oxygen atoms in total. The number of morpholine rings is 1. The Bertz CT molecular complexity index is 1570. The van der Waals surface area contributed by atoms with E-state index in [-0.39, 0.29) is 16.7 Å². The number of aromatic nitrogens is 4. The number of hydrogen-bond donors (Lipinski definition) is 3. The van der Waals surface area contributed by atoms with Gasteiger partial charge >= 0.3 is 0 Å². The number of carbonyl (C=O) groups excluding carboxylic acids is 1. The first-order valence-electron chi connectivity index (χ1n) is 11.4. The number of halogens is 1. The fourth-order valence-electron chi connectivity index (χ4n) is 4.07. The van der Waals surface area contributed by atoms with Crippen LogP contribution in [0.3, 0.4) is 0 Å². The number of rotatable bonds is 7. The molecule has 1 fully saturated rings. The first-order chi connectivity index (χ1) is 17.7. The highest BCUT2D eigenvalue weighted by atomic mass is 35.5. The molecule has 37 heavy (non-hydrogen) atoms. The molecule has 0 spiro atoms. The summed E-state index contributed by atoms with van der Waals surface area (Å²) in [4.78, 5) is 24.1. The lowest BCUT2D eigenvalue weighted by atomic mass is 10.0. The van der Waals surface area contributed by atoms with E-state index in [1.54, 1.807) is 24.4 Å². The van der Waals surface area contributed by atoms with Crippen molar-refractivity contribution in [3.63, 3.8) is 0 Å². The maximum absolute atomic E-state index is 13.2. The van der Waals surface area contributed by atoms with Crippen molar-refractivity contribution in [1.82, 2.24) is 25.1 Å². The van der Waals surface area contributed by atoms with E-state index in [1.165, 1.54) is 6.20 Å². The molecule has 3 N–H and O–H groups in total. The molecule has 1 saturated heterocycles. The van der Waals surface area contributed by atoms with Gasteiger partial charge in [-0.25, -0.2) is 18.4 Å². The molecule has 1 aromatic carbocycles. The molecule has 5 rings (SSSR count). The van der Waals surface area contributed by atoms with Gasteiger partial charge in [0.15, 0.2) is 5.15 Å². The zero-order valence-corrected chi connectivity index (χ0v) is 21.4. The van der Waals surface area contributed by atoms with Gasteiger partial charge in [-0.2, -0.15) is 5.10 Å². The fraction of sp³-hybridized carbons (Fsp3) is 0.250. The third-order valence-corrected chi connectivity index (χ3v) is 6.70. The molecular weight excluding hydrogens is 518 g/mol. The van der Waals surface area contributed by atoms with Gasteiger partial charge in [-0.1, -0.05) is 17.7 Å². The smallest absolute Gasteiger partial charge is 0.274 e. The Morgan fingerprint density at radius 2 is 1.92 bits per heavy atom. The predicted molar refractivity (Wildman–Crippen MR) is 141 cm³/mol. The van der Waals surface area contributed by atoms with Crippen LogP contribution in [0.1, 0.15) is 16.2 Å². The highest BCUT2D eigenvalue weighted by Crippen LogP contribution is 2.33. The van der Waals surface area contributed by atoms with Crippen molar-refractivity contribution >= 4 is 49.8 Å². The van der Waals surface area contributed by atoms with Gasteiger partial charge in [-0.3, -0.25) is 19.5 Å². The maximum atomic E-state index is 13.2. The van der Waals surface area contributed by atoms with Crippen LogP contribution in [0.4, 0.5) is 11.4 Å². The number of amides is 1. The first-order valence-corrected chi connectivity index (χ1v) is 13.7. The Balaban J connectivity index is 1.43. The molecule has 0 saturated carbocycles. The van der Waals surface area contributed by atoms with Gasteiger partial charge in [0.05, 0.1) is 48.3 Å². The highest BCUT2D eigenvalue weighted by molar-refractivity contribution is 7.92. The molecule has 1 aliphatic heterocycles. The molecule has 0 bridgehead atoms. The van der Waals surface area contributed by atoms with E-state index in [1.807, 2.05) is 18.2 Å². The lowest BCUT2D eigenvalue weighted by Crippen LogP contribution is -2.36. The number of nitrogens with one attached hydrogen (secondary N) is 3. The van der Waals surface area contributed by atoms with Gasteiger partial charge in [0, 0.05) is 36.8 Å². The quantitative estimate of drug-likeness (QED) is 0.303. The second-order valence-electron chi connectivity index (χ2n) is 8.65. The minimum atomic E-state index is -3.56. The summed E-state index contributed by atoms with van der Waals surface area (Å²) in [6, 6.07) is 10.6. The standard InChI is InChI=1S/C24H24ClN7O4S/c1-37(34,35)31-22-11-16(12-26-23(22)25)15-9-20(18-13-27-30-21(18)10-15)29-24(33)19-4-2-3-17(28-19)14-32-5-7-36-8-6-32/h2-4,9-13,31H,5-8,14H2,1H3,(H,27,30)(H,29,33). The topological polar surface area (TPSA) is 142 Å². The maximum Gasteiger partial charge on any atom is 0.274 e. The van der Waals surface area contributed by atoms with Gasteiger partial charge in [0.2, 0.25) is 10.0 Å². The lowest BCUT2D eigenvalue weighted by molar-refractivity contribution is 0.0336. The van der Waals surface area contributed by atoms with Crippen LogP contribution in [0, 0.1) is 0 Å². The molecule has 0 atom stereocenters. The van der Waals surface area contributed by atoms with Crippen LogP contribution in [0.15, 0.2) is 48.8 Å². The van der Waals surface area contributed by atoms with Gasteiger partial charge in [0.1, 0.15) is 5.69 Å². The number of sulfonamides is 1. The monoisotopic (exact) mass is 541 g/mol. The van der Waals surface area contributed by atoms with Gasteiger partial charge in [-0.05, 0) is 35.9 Å². The Morgan fingerprint density at radius 1 is 1.14 bits per heavy atom. The molecule has 4 heterocycles. The number of fused-ring (bicyclic) bond motifs is 1. The number of benzene rings is 1. The normalized spacial score (nSPS) is 14.5. The van der Waals surface area contributed by atoms with Gasteiger partial charge < -0.3 is 10.1 Å². The van der Waals surface area contributed by atoms with E-state index in [0.29, 0.717) is 53.2 Å². The summed E-state index contributed by atoms with van der Waals surface area (Å²) in [5, 5.41) is 10.7. The van der Waals surface area contributed by atoms with Crippen molar-refractivity contribution in [2.24, 2.45) is 0 Å². The lowest BCUT2D eigenvalue weighted by Gasteiger charge is -2.26. The summed E-state index contributed by atoms with van der Waals surface area (Å²) in [6.07, 6.45) is 4.17. The Hall–Kier alpha value is -3.58. The van der Waals surface area contributed by atoms with Crippen LogP contribution in [-0.2, 0) is 21.3 Å². The Kier molecular flexibility index (Phi) is 7.07. The SMILES string of the molecule is CS(=O)(=O)Nc1cc(-c2cc(NC(=O)c3cccc(CN4CCOCC4)n3)c3cn[nH]c3c2)cnc1Cl. The van der Waals surface area contributed by atoms with Gasteiger partial charge in [0.25, 0.3) is 5.91 Å². The van der Waals surface area contributed by atoms with E-state index in [2.05, 4.69) is 35.1 Å². The minimum Gasteiger partial charge on any atom is -0.379 e. The molecule has 0 aliphatic carbocycles. The molecule has 0 radical (unpaired) electrons. The van der Waals surface area contributed by atoms with Crippen LogP contribution >= 0.6 is 11.6 Å². The number of H-pyrrole nitrogens is 1. The van der Waals surface area contributed by atoms with Crippen LogP contribution in [-0.4, -0.2) is 71.9 Å². The summed E-state index contributed by atoms with van der Waals surface area (Å²) in [6.45, 7) is 3.66. The summed E-state index contributed by atoms with van der Waals surface area (Å²) in [5.74, 6) is -0.364. The summed E-state index contributed by atoms with van der Waals surface area (Å²) in [7, 11) is -3.56. The third kappa shape index (κ3) is 6.05. The van der Waals surface area contributed by atoms with Crippen molar-refractivity contribution in [2.45, 2.75) is 6.54 Å². The molecule has 0 unspecified atom stereocenters. The van der Waals surface area contributed by atoms with Crippen LogP contribution < -0.4 is 10.0 Å². The summed E-state index contributed by atoms with van der Waals surface area (Å²) < 4.78 is 31.2. The average molecular weight is 542 g/mol. The van der Waals surface area contributed by atoms with Crippen molar-refractivity contribution in [1.29, 1.82) is 0 Å². The largest absolute Gasteiger partial charge is 0.379 e. The molecule has 3 aromatic heterocycles. The van der Waals surface area contributed by atoms with E-state index in [4.69, 9.17) is 16.3 Å². The third-order valence-electron chi connectivity index (χ3n) is 5.80. The van der Waals surface area contributed by atoms with Gasteiger partial charge in [-0.15, -0.1) is 0 Å². The summed E-state index contributed by atoms with van der Waals surface area (Å²) >= 11 is 6.08. The molecule has 1 amide bonds. The second-order valence-corrected chi connectivity index (χ2v) is 10.8. The number of carbonyl (C=O) groups is 1. The van der Waals surface area contributed by atoms with Crippen LogP contribution in [0.5, 0.6) is 0 Å². The second kappa shape index (κ2) is 10.4. The van der Waals surface area contributed by atoms with E-state index in [9.17, 15) is 13.2 Å². The van der Waals surface area contributed by atoms with E-state index >= 15 is 0 Å². The highest BCUT2D eigenvalue weighted by Gasteiger charge is 2.17. The molecular formula is C24H24ClN7O4S. The molecule has 4 aromatic rings. The van der Waals surface area contributed by atoms with Crippen molar-refractivity contribution in [3.05, 3.63) is 65.3 Å². The molecule has 13 heteroatoms. The van der Waals surface area contributed by atoms with E-state index < -0.39 is 10.0 Å². The first kappa shape index (κ1) is 25.1. The molecule has 1 aliphatic rings. The number of aromatic amines is 1. The Morgan fingerprint density at radius 3 is 2.70 bits per heavy atom.